The molecule has 2 amide bonds. The van der Waals surface area contributed by atoms with E-state index in [2.05, 4.69) is 20.3 Å². The summed E-state index contributed by atoms with van der Waals surface area (Å²) in [6, 6.07) is 7.86. The quantitative estimate of drug-likeness (QED) is 0.699. The second-order valence-electron chi connectivity index (χ2n) is 6.61. The Balaban J connectivity index is 1.42. The minimum atomic E-state index is -0.0919. The Kier molecular flexibility index (Phi) is 4.42. The minimum Gasteiger partial charge on any atom is -0.345 e. The third-order valence-corrected chi connectivity index (χ3v) is 4.57. The number of aryl methyl sites for hydroxylation is 1. The summed E-state index contributed by atoms with van der Waals surface area (Å²) >= 11 is 0. The predicted octanol–water partition coefficient (Wildman–Crippen LogP) is 2.51. The summed E-state index contributed by atoms with van der Waals surface area (Å²) < 4.78 is 0. The van der Waals surface area contributed by atoms with Crippen molar-refractivity contribution < 1.29 is 9.59 Å². The maximum atomic E-state index is 12.4. The van der Waals surface area contributed by atoms with Crippen LogP contribution in [0.15, 0.2) is 42.9 Å². The molecule has 1 aromatic carbocycles. The lowest BCUT2D eigenvalue weighted by Crippen LogP contribution is -2.24. The number of nitrogens with zero attached hydrogens (tertiary/aromatic N) is 3. The number of aromatic amines is 1. The third-order valence-electron chi connectivity index (χ3n) is 4.57. The van der Waals surface area contributed by atoms with E-state index in [1.807, 2.05) is 24.3 Å². The Hall–Kier alpha value is -3.48. The van der Waals surface area contributed by atoms with Crippen LogP contribution in [0.3, 0.4) is 0 Å². The molecule has 7 nitrogen and oxygen atoms in total. The third kappa shape index (κ3) is 3.72. The number of hydrogen-bond donors (Lipinski definition) is 2. The van der Waals surface area contributed by atoms with Gasteiger partial charge in [0.05, 0.1) is 17.4 Å². The zero-order valence-electron chi connectivity index (χ0n) is 14.9. The van der Waals surface area contributed by atoms with Gasteiger partial charge in [-0.2, -0.15) is 0 Å². The van der Waals surface area contributed by atoms with E-state index in [4.69, 9.17) is 0 Å². The summed E-state index contributed by atoms with van der Waals surface area (Å²) in [6.07, 6.45) is 7.73. The first kappa shape index (κ1) is 17.0. The molecule has 0 saturated carbocycles. The number of hydrogen-bond acceptors (Lipinski definition) is 4. The van der Waals surface area contributed by atoms with Gasteiger partial charge in [0.1, 0.15) is 5.82 Å². The Bertz CT molecular complexity index is 1050. The smallest absolute Gasteiger partial charge is 0.246 e. The predicted molar refractivity (Wildman–Crippen MR) is 103 cm³/mol. The lowest BCUT2D eigenvalue weighted by atomic mass is 10.0. The molecule has 3 heterocycles. The van der Waals surface area contributed by atoms with Gasteiger partial charge in [-0.25, -0.2) is 9.97 Å². The lowest BCUT2D eigenvalue weighted by Gasteiger charge is -2.16. The van der Waals surface area contributed by atoms with E-state index in [-0.39, 0.29) is 11.8 Å². The summed E-state index contributed by atoms with van der Waals surface area (Å²) in [5.41, 5.74) is 4.72. The number of H-pyrrole nitrogens is 1. The van der Waals surface area contributed by atoms with Crippen molar-refractivity contribution in [3.8, 4) is 0 Å². The van der Waals surface area contributed by atoms with Crippen LogP contribution in [0.1, 0.15) is 23.1 Å². The molecule has 0 unspecified atom stereocenters. The monoisotopic (exact) mass is 361 g/mol. The van der Waals surface area contributed by atoms with E-state index in [0.29, 0.717) is 25.2 Å². The Morgan fingerprint density at radius 1 is 1.26 bits per heavy atom. The van der Waals surface area contributed by atoms with Gasteiger partial charge in [-0.05, 0) is 47.4 Å². The molecule has 0 fully saturated rings. The zero-order chi connectivity index (χ0) is 18.8. The fraction of sp³-hybridized carbons (Fsp3) is 0.200. The van der Waals surface area contributed by atoms with Gasteiger partial charge in [-0.3, -0.25) is 9.59 Å². The molecule has 0 spiro atoms. The Morgan fingerprint density at radius 3 is 3.04 bits per heavy atom. The topological polar surface area (TPSA) is 91.0 Å². The molecule has 136 valence electrons. The Labute approximate surface area is 156 Å². The van der Waals surface area contributed by atoms with Gasteiger partial charge in [0, 0.05) is 32.3 Å². The molecular weight excluding hydrogens is 342 g/mol. The highest BCUT2D eigenvalue weighted by molar-refractivity contribution is 5.93. The molecule has 0 radical (unpaired) electrons. The standard InChI is InChI=1S/C20H19N5O2/c1-25(11-14-2-5-16-17(9-14)23-12-22-16)19(27)7-3-13-8-15-4-6-18(26)24-20(15)21-10-13/h2-3,5,7-10,12H,4,6,11H2,1H3,(H,22,23)(H,21,24,26)/b7-3+. The fourth-order valence-electron chi connectivity index (χ4n) is 3.09. The van der Waals surface area contributed by atoms with Gasteiger partial charge < -0.3 is 15.2 Å². The fourth-order valence-corrected chi connectivity index (χ4v) is 3.09. The number of carbonyl (C=O) groups is 2. The maximum Gasteiger partial charge on any atom is 0.246 e. The number of aromatic nitrogens is 3. The minimum absolute atomic E-state index is 0.0107. The van der Waals surface area contributed by atoms with Gasteiger partial charge in [-0.1, -0.05) is 6.07 Å². The summed E-state index contributed by atoms with van der Waals surface area (Å²) in [5, 5.41) is 2.75. The molecule has 1 aliphatic rings. The largest absolute Gasteiger partial charge is 0.345 e. The van der Waals surface area contributed by atoms with E-state index in [9.17, 15) is 9.59 Å². The highest BCUT2D eigenvalue weighted by Crippen LogP contribution is 2.21. The van der Waals surface area contributed by atoms with Crippen molar-refractivity contribution in [1.82, 2.24) is 19.9 Å². The molecule has 2 N–H and O–H groups in total. The number of amides is 2. The second-order valence-corrected chi connectivity index (χ2v) is 6.61. The molecule has 4 rings (SSSR count). The van der Waals surface area contributed by atoms with Crippen LogP contribution in [-0.4, -0.2) is 38.7 Å². The first-order valence-corrected chi connectivity index (χ1v) is 8.72. The van der Waals surface area contributed by atoms with Crippen LogP contribution < -0.4 is 5.32 Å². The summed E-state index contributed by atoms with van der Waals surface area (Å²) in [6.45, 7) is 0.507. The van der Waals surface area contributed by atoms with Crippen molar-refractivity contribution in [2.45, 2.75) is 19.4 Å². The number of fused-ring (bicyclic) bond motifs is 2. The lowest BCUT2D eigenvalue weighted by molar-refractivity contribution is -0.125. The molecule has 7 heteroatoms. The number of imidazole rings is 1. The number of rotatable bonds is 4. The summed E-state index contributed by atoms with van der Waals surface area (Å²) in [7, 11) is 1.77. The van der Waals surface area contributed by atoms with Crippen molar-refractivity contribution in [2.24, 2.45) is 0 Å². The maximum absolute atomic E-state index is 12.4. The number of likely N-dealkylation sites (N-methyl/N-ethyl adjacent to an activating group) is 1. The van der Waals surface area contributed by atoms with Crippen LogP contribution in [-0.2, 0) is 22.6 Å². The van der Waals surface area contributed by atoms with Gasteiger partial charge in [0.2, 0.25) is 11.8 Å². The van der Waals surface area contributed by atoms with Crippen LogP contribution in [0.25, 0.3) is 17.1 Å². The molecule has 0 saturated heterocycles. The van der Waals surface area contributed by atoms with Crippen molar-refractivity contribution in [3.05, 3.63) is 59.6 Å². The molecule has 0 bridgehead atoms. The number of carbonyl (C=O) groups excluding carboxylic acids is 2. The van der Waals surface area contributed by atoms with Crippen LogP contribution in [0.4, 0.5) is 5.82 Å². The number of anilines is 1. The molecule has 3 aromatic rings. The van der Waals surface area contributed by atoms with E-state index >= 15 is 0 Å². The first-order chi connectivity index (χ1) is 13.1. The van der Waals surface area contributed by atoms with Gasteiger partial charge in [0.15, 0.2) is 0 Å². The van der Waals surface area contributed by atoms with Crippen LogP contribution in [0.5, 0.6) is 0 Å². The Morgan fingerprint density at radius 2 is 2.15 bits per heavy atom. The molecule has 27 heavy (non-hydrogen) atoms. The van der Waals surface area contributed by atoms with Crippen LogP contribution in [0.2, 0.25) is 0 Å². The van der Waals surface area contributed by atoms with Crippen molar-refractivity contribution in [3.63, 3.8) is 0 Å². The molecule has 0 atom stereocenters. The normalized spacial score (nSPS) is 13.6. The average Bonchev–Trinajstić information content (AvgIpc) is 3.13. The van der Waals surface area contributed by atoms with Gasteiger partial charge in [0.25, 0.3) is 0 Å². The van der Waals surface area contributed by atoms with Gasteiger partial charge in [-0.15, -0.1) is 0 Å². The number of nitrogens with one attached hydrogen (secondary N) is 2. The molecule has 2 aromatic heterocycles. The zero-order valence-corrected chi connectivity index (χ0v) is 14.9. The van der Waals surface area contributed by atoms with Gasteiger partial charge >= 0.3 is 0 Å². The highest BCUT2D eigenvalue weighted by atomic mass is 16.2. The van der Waals surface area contributed by atoms with Crippen LogP contribution in [0, 0.1) is 0 Å². The molecule has 0 aliphatic carbocycles. The number of pyridine rings is 1. The second kappa shape index (κ2) is 7.03. The molecule has 1 aliphatic heterocycles. The first-order valence-electron chi connectivity index (χ1n) is 8.72. The van der Waals surface area contributed by atoms with E-state index < -0.39 is 0 Å². The molecular formula is C20H19N5O2. The van der Waals surface area contributed by atoms with E-state index in [1.54, 1.807) is 36.6 Å². The summed E-state index contributed by atoms with van der Waals surface area (Å²) in [5.74, 6) is 0.509. The summed E-state index contributed by atoms with van der Waals surface area (Å²) in [4.78, 5) is 37.0. The van der Waals surface area contributed by atoms with E-state index in [0.717, 1.165) is 27.7 Å². The van der Waals surface area contributed by atoms with Crippen molar-refractivity contribution in [1.29, 1.82) is 0 Å². The van der Waals surface area contributed by atoms with Crippen LogP contribution >= 0.6 is 0 Å². The van der Waals surface area contributed by atoms with Crippen molar-refractivity contribution in [2.75, 3.05) is 12.4 Å². The highest BCUT2D eigenvalue weighted by Gasteiger charge is 2.15. The SMILES string of the molecule is CN(Cc1ccc2nc[nH]c2c1)C(=O)/C=C/c1cnc2c(c1)CCC(=O)N2. The number of benzene rings is 1. The van der Waals surface area contributed by atoms with E-state index in [1.165, 1.54) is 0 Å². The van der Waals surface area contributed by atoms with Crippen molar-refractivity contribution >= 4 is 34.7 Å². The average molecular weight is 361 g/mol.